The first-order chi connectivity index (χ1) is 15.8. The fourth-order valence-electron chi connectivity index (χ4n) is 2.14. The van der Waals surface area contributed by atoms with Crippen molar-refractivity contribution in [2.75, 3.05) is 0 Å². The van der Waals surface area contributed by atoms with Gasteiger partial charge >= 0.3 is 5.97 Å². The molecule has 0 aromatic carbocycles. The predicted molar refractivity (Wildman–Crippen MR) is 104 cm³/mol. The van der Waals surface area contributed by atoms with Crippen molar-refractivity contribution in [3.05, 3.63) is 110 Å². The van der Waals surface area contributed by atoms with Crippen molar-refractivity contribution in [2.24, 2.45) is 4.99 Å². The van der Waals surface area contributed by atoms with Gasteiger partial charge in [-0.05, 0) is 46.0 Å². The molecule has 0 aliphatic carbocycles. The van der Waals surface area contributed by atoms with E-state index in [1.165, 1.54) is 0 Å². The number of aliphatic imine (C=N–C) groups is 1. The molecule has 1 heterocycles. The maximum absolute atomic E-state index is 11.4. The highest BCUT2D eigenvalue weighted by molar-refractivity contribution is 5.84. The number of rotatable bonds is 17. The van der Waals surface area contributed by atoms with Gasteiger partial charge in [-0.25, -0.2) is 20.2 Å². The highest BCUT2D eigenvalue weighted by Gasteiger charge is 2.44. The van der Waals surface area contributed by atoms with Gasteiger partial charge in [-0.15, -0.1) is 11.5 Å². The summed E-state index contributed by atoms with van der Waals surface area (Å²) in [6.07, 6.45) is 25.7. The lowest BCUT2D eigenvalue weighted by Crippen LogP contribution is -2.55. The third kappa shape index (κ3) is 11.4. The van der Waals surface area contributed by atoms with Crippen LogP contribution in [0.4, 0.5) is 0 Å². The van der Waals surface area contributed by atoms with Crippen LogP contribution in [0.3, 0.4) is 0 Å². The summed E-state index contributed by atoms with van der Waals surface area (Å²) in [6.45, 7) is 12.0. The number of hydrogen-bond donors (Lipinski definition) is 0. The van der Waals surface area contributed by atoms with Crippen molar-refractivity contribution in [3.63, 3.8) is 0 Å². The van der Waals surface area contributed by atoms with Gasteiger partial charge in [-0.2, -0.15) is 0 Å². The van der Waals surface area contributed by atoms with Gasteiger partial charge in [0.1, 0.15) is 24.8 Å². The van der Waals surface area contributed by atoms with Crippen molar-refractivity contribution in [3.8, 4) is 0 Å². The number of guanidine groups is 1. The zero-order valence-corrected chi connectivity index (χ0v) is 16.8. The summed E-state index contributed by atoms with van der Waals surface area (Å²) in [7, 11) is 0. The van der Waals surface area contributed by atoms with Crippen molar-refractivity contribution in [1.29, 1.82) is 0 Å². The summed E-state index contributed by atoms with van der Waals surface area (Å²) in [4.78, 5) is 26.1. The van der Waals surface area contributed by atoms with Gasteiger partial charge in [0.2, 0.25) is 11.7 Å². The van der Waals surface area contributed by atoms with Crippen LogP contribution in [0.2, 0.25) is 0 Å². The first kappa shape index (κ1) is 28.7. The second kappa shape index (κ2) is 16.3. The highest BCUT2D eigenvalue weighted by Crippen LogP contribution is 2.26. The average molecular weight is 434 g/mol. The molecule has 0 bridgehead atoms. The summed E-state index contributed by atoms with van der Waals surface area (Å²) in [5.41, 5.74) is 18.1. The van der Waals surface area contributed by atoms with E-state index in [0.717, 1.165) is 0 Å². The van der Waals surface area contributed by atoms with Crippen LogP contribution in [0.25, 0.3) is 0 Å². The molecule has 0 saturated heterocycles. The number of amides is 1. The molecule has 33 heavy (non-hydrogen) atoms. The van der Waals surface area contributed by atoms with Gasteiger partial charge in [0.25, 0.3) is 5.96 Å². The van der Waals surface area contributed by atoms with Crippen LogP contribution in [-0.4, -0.2) is 42.1 Å². The maximum Gasteiger partial charge on any atom is 0.420 e. The molecule has 9 heteroatoms. The third-order valence-electron chi connectivity index (χ3n) is 3.25. The third-order valence-corrected chi connectivity index (χ3v) is 3.25. The van der Waals surface area contributed by atoms with Crippen molar-refractivity contribution < 1.29 is 24.2 Å². The molecule has 0 saturated carbocycles. The summed E-state index contributed by atoms with van der Waals surface area (Å²) in [5, 5.41) is 14.9. The van der Waals surface area contributed by atoms with E-state index in [2.05, 4.69) is 114 Å². The molecule has 1 amide bonds. The number of ether oxygens (including phenoxy) is 2. The number of hydrogen-bond acceptors (Lipinski definition) is 5. The Hall–Kier alpha value is -2.29. The van der Waals surface area contributed by atoms with E-state index in [0.29, 0.717) is 0 Å². The molecule has 4 atom stereocenters. The highest BCUT2D eigenvalue weighted by atomic mass is 16.6. The molecule has 0 fully saturated rings. The largest absolute Gasteiger partial charge is 0.478 e. The minimum atomic E-state index is -1.79. The smallest absolute Gasteiger partial charge is 0.420 e. The lowest BCUT2D eigenvalue weighted by Gasteiger charge is -2.36. The standard InChI is InChI=1S/C24H10N4O5/c1-4-6-7-8-9-10-11-12-13-14-15-32-19(5-2)22-21(27-17(3)29)18(28-24(25)26)16-20(33-22)23(30)31/h18-19,21-22H,1-3H2/t18-,19+,21+,22-/m0/s1. The van der Waals surface area contributed by atoms with Crippen LogP contribution < -0.4 is 16.8 Å². The average Bonchev–Trinajstić information content (AvgIpc) is 2.75. The fraction of sp³-hybridized carbons (Fsp3) is 0.167. The van der Waals surface area contributed by atoms with Gasteiger partial charge in [0.05, 0.1) is 0 Å². The molecule has 9 nitrogen and oxygen atoms in total. The zero-order chi connectivity index (χ0) is 24.6. The molecular weight excluding hydrogens is 424 g/mol. The van der Waals surface area contributed by atoms with Crippen LogP contribution in [0, 0.1) is 104 Å². The van der Waals surface area contributed by atoms with E-state index in [1.807, 2.05) is 0 Å². The normalized spacial score (nSPS) is 20.9. The maximum atomic E-state index is 11.4. The van der Waals surface area contributed by atoms with Gasteiger partial charge in [0, 0.05) is 51.5 Å². The van der Waals surface area contributed by atoms with E-state index in [1.54, 1.807) is 0 Å². The van der Waals surface area contributed by atoms with Crippen LogP contribution >= 0.6 is 0 Å². The second-order valence-corrected chi connectivity index (χ2v) is 5.38. The van der Waals surface area contributed by atoms with Crippen LogP contribution in [0.15, 0.2) is 10.8 Å². The van der Waals surface area contributed by atoms with E-state index >= 15 is 0 Å². The van der Waals surface area contributed by atoms with Crippen LogP contribution in [0.5, 0.6) is 0 Å². The number of nitrogens with zero attached hydrogens (tertiary/aromatic N) is 4. The lowest BCUT2D eigenvalue weighted by atomic mass is 9.93. The van der Waals surface area contributed by atoms with Gasteiger partial charge in [-0.1, -0.05) is 0 Å². The van der Waals surface area contributed by atoms with Crippen molar-refractivity contribution >= 4 is 17.8 Å². The molecule has 0 N–H and O–H groups in total. The molecule has 34 radical (unpaired) electrons. The van der Waals surface area contributed by atoms with E-state index in [9.17, 15) is 14.7 Å². The van der Waals surface area contributed by atoms with Gasteiger partial charge < -0.3 is 9.47 Å². The van der Waals surface area contributed by atoms with Gasteiger partial charge in [0.15, 0.2) is 6.10 Å². The Morgan fingerprint density at radius 3 is 2.09 bits per heavy atom. The Morgan fingerprint density at radius 2 is 1.61 bits per heavy atom. The van der Waals surface area contributed by atoms with Crippen molar-refractivity contribution in [1.82, 2.24) is 16.8 Å². The molecular formula is C24H10N4O5. The molecule has 1 aliphatic heterocycles. The topological polar surface area (TPSA) is 144 Å². The Morgan fingerprint density at radius 1 is 1.03 bits per heavy atom. The summed E-state index contributed by atoms with van der Waals surface area (Å²) >= 11 is 0. The van der Waals surface area contributed by atoms with E-state index in [4.69, 9.17) is 20.9 Å². The SMILES string of the molecule is [CH2][C][C][C][C][C][C][C][C][C][C][C]O[C@H]([C][CH2])[C@@H]1OC(C([O])=O)=[C][C@H](N=C([N])[N])[C@H]1[N]C([CH2])=O. The van der Waals surface area contributed by atoms with E-state index < -0.39 is 47.9 Å². The number of carbonyl (C=O) groups is 2. The molecule has 1 aliphatic rings. The Kier molecular flexibility index (Phi) is 14.2. The second-order valence-electron chi connectivity index (χ2n) is 5.38. The number of carbonyl (C=O) groups excluding carboxylic acids is 2. The monoisotopic (exact) mass is 434 g/mol. The minimum absolute atomic E-state index is 0.832. The first-order valence-electron chi connectivity index (χ1n) is 8.54. The lowest BCUT2D eigenvalue weighted by molar-refractivity contribution is -0.147. The Balaban J connectivity index is 2.62. The molecule has 0 unspecified atom stereocenters. The van der Waals surface area contributed by atoms with Crippen LogP contribution in [-0.2, 0) is 24.2 Å². The molecule has 0 aromatic heterocycles. The molecule has 1 rings (SSSR count). The predicted octanol–water partition coefficient (Wildman–Crippen LogP) is -0.789. The zero-order valence-electron chi connectivity index (χ0n) is 16.8. The summed E-state index contributed by atoms with van der Waals surface area (Å²) < 4.78 is 10.4. The summed E-state index contributed by atoms with van der Waals surface area (Å²) in [6, 6.07) is -2.81. The minimum Gasteiger partial charge on any atom is -0.478 e. The Labute approximate surface area is 198 Å². The number of unbranched alkanes of at least 4 members (excludes halogenated alkanes) is 9. The molecule has 0 spiro atoms. The van der Waals surface area contributed by atoms with Crippen molar-refractivity contribution in [2.45, 2.75) is 24.3 Å². The Bertz CT molecular complexity index is 649. The molecule has 156 valence electrons. The van der Waals surface area contributed by atoms with Gasteiger partial charge in [-0.3, -0.25) is 4.79 Å². The van der Waals surface area contributed by atoms with E-state index in [-0.39, 0.29) is 0 Å². The quantitative estimate of drug-likeness (QED) is 0.168. The fourth-order valence-corrected chi connectivity index (χ4v) is 2.14. The molecule has 0 aromatic rings. The summed E-state index contributed by atoms with van der Waals surface area (Å²) in [5.74, 6) is -4.96. The first-order valence-corrected chi connectivity index (χ1v) is 8.54. The van der Waals surface area contributed by atoms with Crippen LogP contribution in [0.1, 0.15) is 0 Å².